The van der Waals surface area contributed by atoms with Crippen molar-refractivity contribution in [2.75, 3.05) is 20.2 Å². The summed E-state index contributed by atoms with van der Waals surface area (Å²) in [4.78, 5) is 13.8. The molecule has 2 heterocycles. The second-order valence-electron chi connectivity index (χ2n) is 4.98. The molecule has 0 aliphatic carbocycles. The molecule has 0 saturated carbocycles. The standard InChI is InChI=1S/C15H21N3O3/c1-17(9-3-2-4-11-19)15(20)14-7-6-13(21-14)12-18-10-5-8-16-18/h5-8,10,19H,2-4,9,11-12H2,1H3. The summed E-state index contributed by atoms with van der Waals surface area (Å²) in [5, 5.41) is 12.8. The van der Waals surface area contributed by atoms with Crippen molar-refractivity contribution < 1.29 is 14.3 Å². The summed E-state index contributed by atoms with van der Waals surface area (Å²) in [5.41, 5.74) is 0. The van der Waals surface area contributed by atoms with Crippen LogP contribution in [-0.4, -0.2) is 45.9 Å². The van der Waals surface area contributed by atoms with Crippen molar-refractivity contribution >= 4 is 5.91 Å². The van der Waals surface area contributed by atoms with Gasteiger partial charge in [0, 0.05) is 32.6 Å². The lowest BCUT2D eigenvalue weighted by molar-refractivity contribution is 0.0758. The van der Waals surface area contributed by atoms with Crippen LogP contribution in [0.2, 0.25) is 0 Å². The molecule has 0 unspecified atom stereocenters. The monoisotopic (exact) mass is 291 g/mol. The number of rotatable bonds is 8. The van der Waals surface area contributed by atoms with Crippen molar-refractivity contribution in [3.05, 3.63) is 42.1 Å². The zero-order chi connectivity index (χ0) is 15.1. The Bertz CT molecular complexity index is 548. The van der Waals surface area contributed by atoms with Crippen molar-refractivity contribution in [1.82, 2.24) is 14.7 Å². The Kier molecular flexibility index (Phi) is 5.57. The molecule has 2 rings (SSSR count). The fourth-order valence-electron chi connectivity index (χ4n) is 2.06. The molecule has 0 spiro atoms. The molecule has 0 radical (unpaired) electrons. The van der Waals surface area contributed by atoms with Crippen molar-refractivity contribution in [2.45, 2.75) is 25.8 Å². The van der Waals surface area contributed by atoms with Crippen LogP contribution in [0, 0.1) is 0 Å². The van der Waals surface area contributed by atoms with Gasteiger partial charge in [-0.1, -0.05) is 0 Å². The van der Waals surface area contributed by atoms with E-state index in [2.05, 4.69) is 5.10 Å². The first kappa shape index (κ1) is 15.3. The van der Waals surface area contributed by atoms with Gasteiger partial charge in [-0.05, 0) is 37.5 Å². The third-order valence-electron chi connectivity index (χ3n) is 3.25. The van der Waals surface area contributed by atoms with E-state index in [1.54, 1.807) is 35.0 Å². The van der Waals surface area contributed by atoms with Gasteiger partial charge in [0.05, 0.1) is 6.54 Å². The summed E-state index contributed by atoms with van der Waals surface area (Å²) in [5.74, 6) is 0.934. The van der Waals surface area contributed by atoms with Gasteiger partial charge in [-0.3, -0.25) is 9.48 Å². The van der Waals surface area contributed by atoms with Gasteiger partial charge in [-0.2, -0.15) is 5.10 Å². The minimum Gasteiger partial charge on any atom is -0.454 e. The number of nitrogens with zero attached hydrogens (tertiary/aromatic N) is 3. The van der Waals surface area contributed by atoms with Crippen LogP contribution in [0.15, 0.2) is 35.0 Å². The number of unbranched alkanes of at least 4 members (excludes halogenated alkanes) is 2. The van der Waals surface area contributed by atoms with Crippen LogP contribution >= 0.6 is 0 Å². The van der Waals surface area contributed by atoms with E-state index in [1.165, 1.54) is 0 Å². The SMILES string of the molecule is CN(CCCCCO)C(=O)c1ccc(Cn2cccn2)o1. The number of hydrogen-bond donors (Lipinski definition) is 1. The van der Waals surface area contributed by atoms with Gasteiger partial charge < -0.3 is 14.4 Å². The van der Waals surface area contributed by atoms with E-state index in [9.17, 15) is 4.79 Å². The lowest BCUT2D eigenvalue weighted by Gasteiger charge is -2.15. The zero-order valence-electron chi connectivity index (χ0n) is 12.2. The van der Waals surface area contributed by atoms with Crippen LogP contribution in [0.25, 0.3) is 0 Å². The molecule has 1 N–H and O–H groups in total. The van der Waals surface area contributed by atoms with Crippen molar-refractivity contribution in [1.29, 1.82) is 0 Å². The molecule has 0 saturated heterocycles. The van der Waals surface area contributed by atoms with Gasteiger partial charge in [-0.25, -0.2) is 0 Å². The maximum Gasteiger partial charge on any atom is 0.289 e. The van der Waals surface area contributed by atoms with E-state index in [-0.39, 0.29) is 12.5 Å². The molecular weight excluding hydrogens is 270 g/mol. The fourth-order valence-corrected chi connectivity index (χ4v) is 2.06. The highest BCUT2D eigenvalue weighted by molar-refractivity contribution is 5.91. The van der Waals surface area contributed by atoms with E-state index in [0.717, 1.165) is 19.3 Å². The van der Waals surface area contributed by atoms with Gasteiger partial charge in [-0.15, -0.1) is 0 Å². The molecule has 114 valence electrons. The minimum absolute atomic E-state index is 0.120. The van der Waals surface area contributed by atoms with Gasteiger partial charge >= 0.3 is 0 Å². The van der Waals surface area contributed by atoms with Crippen molar-refractivity contribution in [2.24, 2.45) is 0 Å². The van der Waals surface area contributed by atoms with Gasteiger partial charge in [0.1, 0.15) is 5.76 Å². The van der Waals surface area contributed by atoms with E-state index in [0.29, 0.717) is 24.6 Å². The smallest absolute Gasteiger partial charge is 0.289 e. The average molecular weight is 291 g/mol. The predicted octanol–water partition coefficient (Wildman–Crippen LogP) is 1.76. The summed E-state index contributed by atoms with van der Waals surface area (Å²) >= 11 is 0. The second-order valence-corrected chi connectivity index (χ2v) is 4.98. The number of hydrogen-bond acceptors (Lipinski definition) is 4. The van der Waals surface area contributed by atoms with E-state index in [4.69, 9.17) is 9.52 Å². The third kappa shape index (κ3) is 4.46. The molecule has 0 aliphatic rings. The van der Waals surface area contributed by atoms with Crippen molar-refractivity contribution in [3.8, 4) is 0 Å². The topological polar surface area (TPSA) is 71.5 Å². The summed E-state index contributed by atoms with van der Waals surface area (Å²) in [7, 11) is 1.76. The Hall–Kier alpha value is -2.08. The predicted molar refractivity (Wildman–Crippen MR) is 77.9 cm³/mol. The number of amides is 1. The maximum absolute atomic E-state index is 12.2. The molecule has 2 aromatic heterocycles. The minimum atomic E-state index is -0.120. The van der Waals surface area contributed by atoms with Gasteiger partial charge in [0.25, 0.3) is 5.91 Å². The molecule has 0 aliphatic heterocycles. The maximum atomic E-state index is 12.2. The highest BCUT2D eigenvalue weighted by Crippen LogP contribution is 2.12. The van der Waals surface area contributed by atoms with Crippen LogP contribution in [0.5, 0.6) is 0 Å². The Balaban J connectivity index is 1.86. The summed E-state index contributed by atoms with van der Waals surface area (Å²) in [6.45, 7) is 1.38. The van der Waals surface area contributed by atoms with Gasteiger partial charge in [0.15, 0.2) is 5.76 Å². The highest BCUT2D eigenvalue weighted by atomic mass is 16.4. The fraction of sp³-hybridized carbons (Fsp3) is 0.467. The highest BCUT2D eigenvalue weighted by Gasteiger charge is 2.15. The molecule has 0 atom stereocenters. The average Bonchev–Trinajstić information content (AvgIpc) is 3.15. The zero-order valence-corrected chi connectivity index (χ0v) is 12.2. The Labute approximate surface area is 124 Å². The summed E-state index contributed by atoms with van der Waals surface area (Å²) < 4.78 is 7.32. The molecule has 0 bridgehead atoms. The molecule has 0 aromatic carbocycles. The second kappa shape index (κ2) is 7.64. The van der Waals surface area contributed by atoms with E-state index in [1.807, 2.05) is 12.3 Å². The number of furan rings is 1. The van der Waals surface area contributed by atoms with Crippen molar-refractivity contribution in [3.63, 3.8) is 0 Å². The Morgan fingerprint density at radius 3 is 2.95 bits per heavy atom. The largest absolute Gasteiger partial charge is 0.454 e. The normalized spacial score (nSPS) is 10.8. The Morgan fingerprint density at radius 2 is 2.24 bits per heavy atom. The first-order valence-corrected chi connectivity index (χ1v) is 7.13. The van der Waals surface area contributed by atoms with Crippen LogP contribution in [-0.2, 0) is 6.54 Å². The lowest BCUT2D eigenvalue weighted by atomic mass is 10.2. The molecule has 6 nitrogen and oxygen atoms in total. The molecule has 6 heteroatoms. The molecular formula is C15H21N3O3. The van der Waals surface area contributed by atoms with Crippen LogP contribution in [0.3, 0.4) is 0 Å². The molecule has 0 fully saturated rings. The first-order chi connectivity index (χ1) is 10.2. The summed E-state index contributed by atoms with van der Waals surface area (Å²) in [6, 6.07) is 5.34. The molecule has 21 heavy (non-hydrogen) atoms. The number of aromatic nitrogens is 2. The number of aliphatic hydroxyl groups is 1. The molecule has 1 amide bonds. The number of aliphatic hydroxyl groups excluding tert-OH is 1. The Morgan fingerprint density at radius 1 is 1.38 bits per heavy atom. The third-order valence-corrected chi connectivity index (χ3v) is 3.25. The summed E-state index contributed by atoms with van der Waals surface area (Å²) in [6.07, 6.45) is 6.11. The van der Waals surface area contributed by atoms with Crippen LogP contribution < -0.4 is 0 Å². The van der Waals surface area contributed by atoms with Crippen LogP contribution in [0.1, 0.15) is 35.6 Å². The van der Waals surface area contributed by atoms with E-state index < -0.39 is 0 Å². The lowest BCUT2D eigenvalue weighted by Crippen LogP contribution is -2.27. The number of carbonyl (C=O) groups excluding carboxylic acids is 1. The van der Waals surface area contributed by atoms with Gasteiger partial charge in [0.2, 0.25) is 0 Å². The quantitative estimate of drug-likeness (QED) is 0.752. The first-order valence-electron chi connectivity index (χ1n) is 7.13. The number of carbonyl (C=O) groups is 1. The van der Waals surface area contributed by atoms with E-state index >= 15 is 0 Å². The van der Waals surface area contributed by atoms with Crippen LogP contribution in [0.4, 0.5) is 0 Å². The molecule has 2 aromatic rings.